The molecule has 6 nitrogen and oxygen atoms in total. The van der Waals surface area contributed by atoms with Crippen LogP contribution < -0.4 is 9.64 Å². The third-order valence-electron chi connectivity index (χ3n) is 4.31. The summed E-state index contributed by atoms with van der Waals surface area (Å²) < 4.78 is 16.1. The zero-order valence-corrected chi connectivity index (χ0v) is 14.7. The molecule has 0 radical (unpaired) electrons. The number of hydrogen-bond acceptors (Lipinski definition) is 6. The highest BCUT2D eigenvalue weighted by molar-refractivity contribution is 5.65. The van der Waals surface area contributed by atoms with E-state index < -0.39 is 0 Å². The zero-order valence-electron chi connectivity index (χ0n) is 14.7. The summed E-state index contributed by atoms with van der Waals surface area (Å²) >= 11 is 0. The van der Waals surface area contributed by atoms with Gasteiger partial charge in [0.05, 0.1) is 19.3 Å². The first kappa shape index (κ1) is 17.4. The molecule has 0 spiro atoms. The van der Waals surface area contributed by atoms with Gasteiger partial charge in [-0.05, 0) is 24.3 Å². The largest absolute Gasteiger partial charge is 0.495 e. The average Bonchev–Trinajstić information content (AvgIpc) is 3.08. The summed E-state index contributed by atoms with van der Waals surface area (Å²) in [6.45, 7) is 6.15. The van der Waals surface area contributed by atoms with Crippen LogP contribution in [0.1, 0.15) is 18.4 Å². The van der Waals surface area contributed by atoms with Crippen LogP contribution in [0, 0.1) is 0 Å². The molecule has 1 aliphatic rings. The summed E-state index contributed by atoms with van der Waals surface area (Å²) in [7, 11) is 1.71. The molecule has 1 aromatic carbocycles. The fraction of sp³-hybridized carbons (Fsp3) is 0.421. The Labute approximate surface area is 147 Å². The number of ether oxygens (including phenoxy) is 2. The summed E-state index contributed by atoms with van der Waals surface area (Å²) in [6, 6.07) is 11.9. The van der Waals surface area contributed by atoms with Crippen molar-refractivity contribution in [3.63, 3.8) is 0 Å². The van der Waals surface area contributed by atoms with Crippen molar-refractivity contribution in [2.45, 2.75) is 20.1 Å². The van der Waals surface area contributed by atoms with E-state index in [4.69, 9.17) is 13.9 Å². The van der Waals surface area contributed by atoms with Gasteiger partial charge in [0, 0.05) is 33.1 Å². The monoisotopic (exact) mass is 344 g/mol. The Kier molecular flexibility index (Phi) is 5.60. The highest BCUT2D eigenvalue weighted by Crippen LogP contribution is 2.28. The summed E-state index contributed by atoms with van der Waals surface area (Å²) in [4.78, 5) is 15.6. The predicted molar refractivity (Wildman–Crippen MR) is 94.7 cm³/mol. The number of anilines is 1. The molecule has 6 heteroatoms. The molecule has 0 bridgehead atoms. The molecular formula is C19H24N2O4. The summed E-state index contributed by atoms with van der Waals surface area (Å²) in [5, 5.41) is 0. The van der Waals surface area contributed by atoms with Gasteiger partial charge in [0.2, 0.25) is 0 Å². The van der Waals surface area contributed by atoms with Crippen molar-refractivity contribution >= 4 is 11.7 Å². The lowest BCUT2D eigenvalue weighted by molar-refractivity contribution is -0.142. The molecule has 134 valence electrons. The van der Waals surface area contributed by atoms with Crippen LogP contribution in [0.25, 0.3) is 0 Å². The number of methoxy groups -OCH3 is 1. The Morgan fingerprint density at radius 2 is 1.80 bits per heavy atom. The lowest BCUT2D eigenvalue weighted by Gasteiger charge is -2.36. The normalized spacial score (nSPS) is 15.2. The van der Waals surface area contributed by atoms with Crippen LogP contribution in [0.4, 0.5) is 5.69 Å². The molecule has 1 aromatic heterocycles. The van der Waals surface area contributed by atoms with Crippen LogP contribution in [0.3, 0.4) is 0 Å². The van der Waals surface area contributed by atoms with Crippen molar-refractivity contribution in [3.05, 3.63) is 47.9 Å². The Morgan fingerprint density at radius 1 is 1.08 bits per heavy atom. The van der Waals surface area contributed by atoms with E-state index in [1.54, 1.807) is 7.11 Å². The van der Waals surface area contributed by atoms with Gasteiger partial charge in [-0.15, -0.1) is 0 Å². The number of carbonyl (C=O) groups excluding carboxylic acids is 1. The number of hydrogen-bond donors (Lipinski definition) is 0. The lowest BCUT2D eigenvalue weighted by atomic mass is 10.2. The van der Waals surface area contributed by atoms with Gasteiger partial charge in [-0.1, -0.05) is 12.1 Å². The quantitative estimate of drug-likeness (QED) is 0.751. The minimum absolute atomic E-state index is 0.191. The van der Waals surface area contributed by atoms with E-state index in [1.165, 1.54) is 6.92 Å². The van der Waals surface area contributed by atoms with Crippen molar-refractivity contribution in [1.29, 1.82) is 0 Å². The predicted octanol–water partition coefficient (Wildman–Crippen LogP) is 2.67. The Bertz CT molecular complexity index is 705. The maximum absolute atomic E-state index is 10.8. The molecule has 1 saturated heterocycles. The molecule has 0 N–H and O–H groups in total. The Morgan fingerprint density at radius 3 is 2.52 bits per heavy atom. The summed E-state index contributed by atoms with van der Waals surface area (Å²) in [6.07, 6.45) is 0. The first-order chi connectivity index (χ1) is 12.2. The zero-order chi connectivity index (χ0) is 17.6. The fourth-order valence-electron chi connectivity index (χ4n) is 3.02. The second-order valence-corrected chi connectivity index (χ2v) is 6.08. The molecule has 2 aromatic rings. The van der Waals surface area contributed by atoms with E-state index in [0.717, 1.165) is 49.9 Å². The number of nitrogens with zero attached hydrogens (tertiary/aromatic N) is 2. The lowest BCUT2D eigenvalue weighted by Crippen LogP contribution is -2.46. The van der Waals surface area contributed by atoms with Crippen LogP contribution in [-0.2, 0) is 22.7 Å². The minimum Gasteiger partial charge on any atom is -0.495 e. The Balaban J connectivity index is 1.52. The number of rotatable bonds is 6. The molecule has 0 amide bonds. The molecule has 0 unspecified atom stereocenters. The van der Waals surface area contributed by atoms with Crippen molar-refractivity contribution in [3.8, 4) is 5.75 Å². The SMILES string of the molecule is COc1ccccc1N1CCN(Cc2ccc(COC(C)=O)o2)CC1. The van der Waals surface area contributed by atoms with Crippen molar-refractivity contribution in [1.82, 2.24) is 4.90 Å². The van der Waals surface area contributed by atoms with Gasteiger partial charge >= 0.3 is 5.97 Å². The summed E-state index contributed by atoms with van der Waals surface area (Å²) in [5.41, 5.74) is 1.14. The molecule has 1 fully saturated rings. The van der Waals surface area contributed by atoms with Crippen LogP contribution in [-0.4, -0.2) is 44.2 Å². The van der Waals surface area contributed by atoms with Crippen molar-refractivity contribution < 1.29 is 18.7 Å². The average molecular weight is 344 g/mol. The van der Waals surface area contributed by atoms with Crippen molar-refractivity contribution in [2.75, 3.05) is 38.2 Å². The third-order valence-corrected chi connectivity index (χ3v) is 4.31. The smallest absolute Gasteiger partial charge is 0.303 e. The van der Waals surface area contributed by atoms with Gasteiger partial charge in [0.15, 0.2) is 0 Å². The van der Waals surface area contributed by atoms with Crippen LogP contribution in [0.2, 0.25) is 0 Å². The van der Waals surface area contributed by atoms with Gasteiger partial charge < -0.3 is 18.8 Å². The van der Waals surface area contributed by atoms with Crippen LogP contribution in [0.15, 0.2) is 40.8 Å². The third kappa shape index (κ3) is 4.54. The maximum Gasteiger partial charge on any atom is 0.303 e. The van der Waals surface area contributed by atoms with E-state index >= 15 is 0 Å². The summed E-state index contributed by atoms with van der Waals surface area (Å²) in [5.74, 6) is 2.19. The molecule has 3 rings (SSSR count). The maximum atomic E-state index is 10.8. The second kappa shape index (κ2) is 8.07. The highest BCUT2D eigenvalue weighted by Gasteiger charge is 2.20. The number of benzene rings is 1. The van der Waals surface area contributed by atoms with E-state index in [0.29, 0.717) is 5.76 Å². The molecule has 0 aliphatic carbocycles. The number of furan rings is 1. The van der Waals surface area contributed by atoms with Gasteiger partial charge in [-0.25, -0.2) is 0 Å². The second-order valence-electron chi connectivity index (χ2n) is 6.08. The Hall–Kier alpha value is -2.47. The molecule has 1 aliphatic heterocycles. The van der Waals surface area contributed by atoms with Gasteiger partial charge in [-0.3, -0.25) is 9.69 Å². The first-order valence-electron chi connectivity index (χ1n) is 8.47. The molecular weight excluding hydrogens is 320 g/mol. The van der Waals surface area contributed by atoms with Crippen LogP contribution >= 0.6 is 0 Å². The van der Waals surface area contributed by atoms with Gasteiger partial charge in [0.1, 0.15) is 23.9 Å². The number of esters is 1. The molecule has 2 heterocycles. The van der Waals surface area contributed by atoms with E-state index in [2.05, 4.69) is 15.9 Å². The number of piperazine rings is 1. The van der Waals surface area contributed by atoms with E-state index in [-0.39, 0.29) is 12.6 Å². The standard InChI is InChI=1S/C19H24N2O4/c1-15(22)24-14-17-8-7-16(25-17)13-20-9-11-21(12-10-20)18-5-3-4-6-19(18)23-2/h3-8H,9-14H2,1-2H3. The topological polar surface area (TPSA) is 55.2 Å². The van der Waals surface area contributed by atoms with E-state index in [1.807, 2.05) is 30.3 Å². The van der Waals surface area contributed by atoms with Crippen molar-refractivity contribution in [2.24, 2.45) is 0 Å². The highest BCUT2D eigenvalue weighted by atomic mass is 16.5. The number of carbonyl (C=O) groups is 1. The fourth-order valence-corrected chi connectivity index (χ4v) is 3.02. The van der Waals surface area contributed by atoms with E-state index in [9.17, 15) is 4.79 Å². The molecule has 0 atom stereocenters. The minimum atomic E-state index is -0.301. The molecule has 0 saturated carbocycles. The van der Waals surface area contributed by atoms with Gasteiger partial charge in [0.25, 0.3) is 0 Å². The molecule has 25 heavy (non-hydrogen) atoms. The first-order valence-corrected chi connectivity index (χ1v) is 8.47. The van der Waals surface area contributed by atoms with Gasteiger partial charge in [-0.2, -0.15) is 0 Å². The van der Waals surface area contributed by atoms with Crippen LogP contribution in [0.5, 0.6) is 5.75 Å². The number of para-hydroxylation sites is 2.